The minimum Gasteiger partial charge on any atom is -0.0928 e. The third kappa shape index (κ3) is 1.76. The average molecular weight is 241 g/mol. The molecule has 2 rings (SSSR count). The highest BCUT2D eigenvalue weighted by Crippen LogP contribution is 2.45. The SMILES string of the molecule is CC1=C(CCCCBr)C2C=CC1C2. The van der Waals surface area contributed by atoms with E-state index < -0.39 is 0 Å². The van der Waals surface area contributed by atoms with Crippen LogP contribution in [-0.2, 0) is 0 Å². The van der Waals surface area contributed by atoms with Gasteiger partial charge in [0.05, 0.1) is 0 Å². The second-order valence-electron chi connectivity index (χ2n) is 4.19. The summed E-state index contributed by atoms with van der Waals surface area (Å²) in [7, 11) is 0. The van der Waals surface area contributed by atoms with Crippen molar-refractivity contribution in [3.05, 3.63) is 23.3 Å². The van der Waals surface area contributed by atoms with Crippen molar-refractivity contribution < 1.29 is 0 Å². The number of hydrogen-bond donors (Lipinski definition) is 0. The summed E-state index contributed by atoms with van der Waals surface area (Å²) >= 11 is 3.48. The Morgan fingerprint density at radius 1 is 1.31 bits per heavy atom. The molecule has 2 aliphatic rings. The molecule has 1 heteroatoms. The maximum Gasteiger partial charge on any atom is 0.00314 e. The molecule has 0 spiro atoms. The van der Waals surface area contributed by atoms with Crippen LogP contribution in [0.1, 0.15) is 32.6 Å². The lowest BCUT2D eigenvalue weighted by Crippen LogP contribution is -1.96. The molecule has 0 radical (unpaired) electrons. The first-order chi connectivity index (χ1) is 6.33. The molecule has 0 aromatic rings. The Morgan fingerprint density at radius 3 is 2.69 bits per heavy atom. The Morgan fingerprint density at radius 2 is 2.08 bits per heavy atom. The highest BCUT2D eigenvalue weighted by molar-refractivity contribution is 9.09. The van der Waals surface area contributed by atoms with Crippen molar-refractivity contribution in [1.82, 2.24) is 0 Å². The van der Waals surface area contributed by atoms with Gasteiger partial charge in [0.1, 0.15) is 0 Å². The van der Waals surface area contributed by atoms with Crippen molar-refractivity contribution >= 4 is 15.9 Å². The van der Waals surface area contributed by atoms with Gasteiger partial charge in [0.25, 0.3) is 0 Å². The second-order valence-corrected chi connectivity index (χ2v) is 4.98. The van der Waals surface area contributed by atoms with E-state index in [0.717, 1.165) is 17.2 Å². The maximum absolute atomic E-state index is 3.48. The van der Waals surface area contributed by atoms with Crippen LogP contribution in [0.25, 0.3) is 0 Å². The Hall–Kier alpha value is -0.0400. The molecule has 0 aromatic carbocycles. The zero-order valence-corrected chi connectivity index (χ0v) is 9.81. The van der Waals surface area contributed by atoms with Crippen molar-refractivity contribution in [2.45, 2.75) is 32.6 Å². The quantitative estimate of drug-likeness (QED) is 0.395. The van der Waals surface area contributed by atoms with Gasteiger partial charge in [0.2, 0.25) is 0 Å². The van der Waals surface area contributed by atoms with E-state index in [4.69, 9.17) is 0 Å². The first-order valence-electron chi connectivity index (χ1n) is 5.26. The van der Waals surface area contributed by atoms with Gasteiger partial charge in [-0.2, -0.15) is 0 Å². The Balaban J connectivity index is 1.92. The summed E-state index contributed by atoms with van der Waals surface area (Å²) in [5, 5.41) is 1.16. The van der Waals surface area contributed by atoms with Gasteiger partial charge < -0.3 is 0 Å². The molecule has 13 heavy (non-hydrogen) atoms. The molecular formula is C12H17Br. The van der Waals surface area contributed by atoms with E-state index in [1.165, 1.54) is 25.7 Å². The van der Waals surface area contributed by atoms with E-state index in [2.05, 4.69) is 35.0 Å². The summed E-state index contributed by atoms with van der Waals surface area (Å²) in [4.78, 5) is 0. The van der Waals surface area contributed by atoms with Gasteiger partial charge in [-0.25, -0.2) is 0 Å². The molecule has 2 unspecified atom stereocenters. The van der Waals surface area contributed by atoms with Crippen LogP contribution in [-0.4, -0.2) is 5.33 Å². The van der Waals surface area contributed by atoms with Gasteiger partial charge >= 0.3 is 0 Å². The minimum atomic E-state index is 0.809. The lowest BCUT2D eigenvalue weighted by Gasteiger charge is -2.12. The number of rotatable bonds is 4. The highest BCUT2D eigenvalue weighted by atomic mass is 79.9. The van der Waals surface area contributed by atoms with Crippen molar-refractivity contribution in [3.8, 4) is 0 Å². The van der Waals surface area contributed by atoms with E-state index in [1.54, 1.807) is 11.1 Å². The molecule has 2 bridgehead atoms. The van der Waals surface area contributed by atoms with E-state index in [-0.39, 0.29) is 0 Å². The largest absolute Gasteiger partial charge is 0.0928 e. The summed E-state index contributed by atoms with van der Waals surface area (Å²) in [5.41, 5.74) is 3.44. The summed E-state index contributed by atoms with van der Waals surface area (Å²) in [5.74, 6) is 1.63. The fourth-order valence-electron chi connectivity index (χ4n) is 2.60. The molecule has 2 aliphatic carbocycles. The van der Waals surface area contributed by atoms with E-state index >= 15 is 0 Å². The second kappa shape index (κ2) is 4.00. The maximum atomic E-state index is 3.48. The van der Waals surface area contributed by atoms with Crippen LogP contribution in [0, 0.1) is 11.8 Å². The van der Waals surface area contributed by atoms with Gasteiger partial charge in [-0.3, -0.25) is 0 Å². The van der Waals surface area contributed by atoms with Crippen LogP contribution >= 0.6 is 15.9 Å². The van der Waals surface area contributed by atoms with Crippen LogP contribution in [0.2, 0.25) is 0 Å². The molecule has 0 N–H and O–H groups in total. The van der Waals surface area contributed by atoms with Gasteiger partial charge in [-0.15, -0.1) is 0 Å². The molecule has 0 heterocycles. The van der Waals surface area contributed by atoms with Crippen LogP contribution in [0.15, 0.2) is 23.3 Å². The van der Waals surface area contributed by atoms with Crippen molar-refractivity contribution in [2.75, 3.05) is 5.33 Å². The number of unbranched alkanes of at least 4 members (excludes halogenated alkanes) is 1. The topological polar surface area (TPSA) is 0 Å². The normalized spacial score (nSPS) is 30.6. The monoisotopic (exact) mass is 240 g/mol. The average Bonchev–Trinajstić information content (AvgIpc) is 2.69. The molecule has 0 aliphatic heterocycles. The van der Waals surface area contributed by atoms with Gasteiger partial charge in [0.15, 0.2) is 0 Å². The fourth-order valence-corrected chi connectivity index (χ4v) is 3.00. The van der Waals surface area contributed by atoms with E-state index in [1.807, 2.05) is 0 Å². The molecule has 0 saturated carbocycles. The van der Waals surface area contributed by atoms with Crippen molar-refractivity contribution in [2.24, 2.45) is 11.8 Å². The predicted octanol–water partition coefficient (Wildman–Crippen LogP) is 4.07. The van der Waals surface area contributed by atoms with Gasteiger partial charge in [-0.1, -0.05) is 39.2 Å². The molecule has 2 atom stereocenters. The first-order valence-corrected chi connectivity index (χ1v) is 6.39. The lowest BCUT2D eigenvalue weighted by atomic mass is 9.94. The number of allylic oxidation sites excluding steroid dienone is 4. The summed E-state index contributed by atoms with van der Waals surface area (Å²) in [6, 6.07) is 0. The van der Waals surface area contributed by atoms with Crippen LogP contribution in [0.3, 0.4) is 0 Å². The molecular weight excluding hydrogens is 224 g/mol. The van der Waals surface area contributed by atoms with E-state index in [0.29, 0.717) is 0 Å². The number of hydrogen-bond acceptors (Lipinski definition) is 0. The molecule has 0 saturated heterocycles. The number of fused-ring (bicyclic) bond motifs is 2. The van der Waals surface area contributed by atoms with Crippen LogP contribution in [0.5, 0.6) is 0 Å². The van der Waals surface area contributed by atoms with Crippen LogP contribution < -0.4 is 0 Å². The Bertz CT molecular complexity index is 250. The molecule has 0 aromatic heterocycles. The molecule has 0 amide bonds. The summed E-state index contributed by atoms with van der Waals surface area (Å²) in [6.45, 7) is 2.33. The first kappa shape index (κ1) is 9.51. The molecule has 72 valence electrons. The van der Waals surface area contributed by atoms with Crippen molar-refractivity contribution in [3.63, 3.8) is 0 Å². The predicted molar refractivity (Wildman–Crippen MR) is 61.1 cm³/mol. The zero-order chi connectivity index (χ0) is 9.26. The Labute approximate surface area is 89.2 Å². The smallest absolute Gasteiger partial charge is 0.00314 e. The van der Waals surface area contributed by atoms with Crippen LogP contribution in [0.4, 0.5) is 0 Å². The lowest BCUT2D eigenvalue weighted by molar-refractivity contribution is 0.672. The fraction of sp³-hybridized carbons (Fsp3) is 0.667. The van der Waals surface area contributed by atoms with E-state index in [9.17, 15) is 0 Å². The minimum absolute atomic E-state index is 0.809. The summed E-state index contributed by atoms with van der Waals surface area (Å²) in [6.07, 6.45) is 10.2. The Kier molecular flexibility index (Phi) is 2.92. The zero-order valence-electron chi connectivity index (χ0n) is 8.22. The number of halogens is 1. The molecule has 0 fully saturated rings. The third-order valence-corrected chi connectivity index (χ3v) is 3.98. The van der Waals surface area contributed by atoms with Gasteiger partial charge in [-0.05, 0) is 44.4 Å². The number of alkyl halides is 1. The standard InChI is InChI=1S/C12H17Br/c1-9-10-5-6-11(8-10)12(9)4-2-3-7-13/h5-6,10-11H,2-4,7-8H2,1H3. The van der Waals surface area contributed by atoms with Crippen molar-refractivity contribution in [1.29, 1.82) is 0 Å². The van der Waals surface area contributed by atoms with Gasteiger partial charge in [0, 0.05) is 5.33 Å². The highest BCUT2D eigenvalue weighted by Gasteiger charge is 2.31. The third-order valence-electron chi connectivity index (χ3n) is 3.42. The molecule has 0 nitrogen and oxygen atoms in total. The summed E-state index contributed by atoms with van der Waals surface area (Å²) < 4.78 is 0.